The normalized spacial score (nSPS) is 15.4. The number of carboxylic acids is 1. The van der Waals surface area contributed by atoms with Gasteiger partial charge in [0, 0.05) is 11.4 Å². The number of fused-ring (bicyclic) bond motifs is 1. The quantitative estimate of drug-likeness (QED) is 0.796. The maximum absolute atomic E-state index is 12.3. The lowest BCUT2D eigenvalue weighted by Crippen LogP contribution is -2.33. The Bertz CT molecular complexity index is 735. The van der Waals surface area contributed by atoms with Gasteiger partial charge in [0.05, 0.1) is 5.25 Å². The predicted molar refractivity (Wildman–Crippen MR) is 96.1 cm³/mol. The molecule has 1 atom stereocenters. The Kier molecular flexibility index (Phi) is 5.60. The first-order chi connectivity index (χ1) is 12.1. The largest absolute Gasteiger partial charge is 0.482 e. The molecule has 1 unspecified atom stereocenters. The number of hydrogen-bond donors (Lipinski definition) is 2. The van der Waals surface area contributed by atoms with E-state index in [9.17, 15) is 9.59 Å². The van der Waals surface area contributed by atoms with Gasteiger partial charge in [0.1, 0.15) is 5.75 Å². The summed E-state index contributed by atoms with van der Waals surface area (Å²) in [6.45, 7) is 0.221. The summed E-state index contributed by atoms with van der Waals surface area (Å²) in [4.78, 5) is 24.0. The number of aliphatic carboxylic acids is 1. The van der Waals surface area contributed by atoms with Gasteiger partial charge in [-0.15, -0.1) is 11.8 Å². The van der Waals surface area contributed by atoms with Crippen LogP contribution in [0.2, 0.25) is 0 Å². The molecule has 2 N–H and O–H groups in total. The minimum atomic E-state index is -1.00. The van der Waals surface area contributed by atoms with Gasteiger partial charge in [0.25, 0.3) is 0 Å². The Morgan fingerprint density at radius 1 is 1.16 bits per heavy atom. The third-order valence-corrected chi connectivity index (χ3v) is 5.26. The Balaban J connectivity index is 1.42. The number of benzene rings is 2. The highest BCUT2D eigenvalue weighted by Gasteiger charge is 2.27. The Morgan fingerprint density at radius 3 is 2.64 bits per heavy atom. The minimum absolute atomic E-state index is 0.0517. The van der Waals surface area contributed by atoms with Crippen molar-refractivity contribution in [2.45, 2.75) is 23.0 Å². The van der Waals surface area contributed by atoms with Gasteiger partial charge in [-0.3, -0.25) is 4.79 Å². The zero-order valence-electron chi connectivity index (χ0n) is 13.6. The molecule has 6 heteroatoms. The molecular formula is C19H19NO4S. The zero-order valence-corrected chi connectivity index (χ0v) is 14.4. The second kappa shape index (κ2) is 8.07. The topological polar surface area (TPSA) is 75.6 Å². The molecule has 0 saturated heterocycles. The molecule has 3 rings (SSSR count). The minimum Gasteiger partial charge on any atom is -0.482 e. The van der Waals surface area contributed by atoms with Crippen LogP contribution in [0.25, 0.3) is 0 Å². The lowest BCUT2D eigenvalue weighted by molar-refractivity contribution is -0.139. The summed E-state index contributed by atoms with van der Waals surface area (Å²) in [6.07, 6.45) is 1.50. The molecule has 1 aliphatic rings. The smallest absolute Gasteiger partial charge is 0.341 e. The Morgan fingerprint density at radius 2 is 1.92 bits per heavy atom. The lowest BCUT2D eigenvalue weighted by Gasteiger charge is -2.10. The van der Waals surface area contributed by atoms with Crippen molar-refractivity contribution in [1.29, 1.82) is 0 Å². The lowest BCUT2D eigenvalue weighted by atomic mass is 10.1. The number of hydrogen-bond acceptors (Lipinski definition) is 4. The number of rotatable bonds is 7. The molecule has 0 fully saturated rings. The van der Waals surface area contributed by atoms with Gasteiger partial charge in [-0.2, -0.15) is 0 Å². The zero-order chi connectivity index (χ0) is 17.6. The van der Waals surface area contributed by atoms with E-state index in [0.29, 0.717) is 12.3 Å². The van der Waals surface area contributed by atoms with Crippen molar-refractivity contribution in [2.75, 3.05) is 13.2 Å². The molecule has 0 saturated carbocycles. The van der Waals surface area contributed by atoms with Crippen molar-refractivity contribution in [3.8, 4) is 5.75 Å². The van der Waals surface area contributed by atoms with Crippen LogP contribution in [0.5, 0.6) is 5.75 Å². The van der Waals surface area contributed by atoms with E-state index in [1.807, 2.05) is 24.3 Å². The monoisotopic (exact) mass is 357 g/mol. The van der Waals surface area contributed by atoms with Crippen molar-refractivity contribution < 1.29 is 19.4 Å². The Hall–Kier alpha value is -2.47. The van der Waals surface area contributed by atoms with Gasteiger partial charge < -0.3 is 15.2 Å². The van der Waals surface area contributed by atoms with Gasteiger partial charge in [-0.05, 0) is 42.2 Å². The fourth-order valence-electron chi connectivity index (χ4n) is 2.67. The molecule has 1 aliphatic heterocycles. The first-order valence-electron chi connectivity index (χ1n) is 8.07. The summed E-state index contributed by atoms with van der Waals surface area (Å²) in [5.41, 5.74) is 2.30. The second-order valence-corrected chi connectivity index (χ2v) is 7.03. The van der Waals surface area contributed by atoms with Crippen LogP contribution >= 0.6 is 11.8 Å². The number of nitrogens with one attached hydrogen (secondary N) is 1. The summed E-state index contributed by atoms with van der Waals surface area (Å²) in [5, 5.41) is 11.5. The van der Waals surface area contributed by atoms with E-state index >= 15 is 0 Å². The molecule has 0 bridgehead atoms. The van der Waals surface area contributed by atoms with Crippen LogP contribution in [0.4, 0.5) is 0 Å². The molecule has 0 radical (unpaired) electrons. The van der Waals surface area contributed by atoms with Crippen LogP contribution in [0, 0.1) is 0 Å². The van der Waals surface area contributed by atoms with Gasteiger partial charge in [-0.25, -0.2) is 4.79 Å². The highest BCUT2D eigenvalue weighted by Crippen LogP contribution is 2.36. The number of carboxylic acid groups (broad SMARTS) is 1. The number of thioether (sulfide) groups is 1. The SMILES string of the molecule is O=C(O)COc1ccc(CCNC(=O)C2Cc3ccccc3S2)cc1. The van der Waals surface area contributed by atoms with Crippen LogP contribution in [-0.2, 0) is 22.4 Å². The Labute approximate surface area is 150 Å². The van der Waals surface area contributed by atoms with Crippen molar-refractivity contribution in [3.05, 3.63) is 59.7 Å². The third kappa shape index (κ3) is 4.76. The standard InChI is InChI=1S/C19H19NO4S/c21-18(22)12-24-15-7-5-13(6-8-15)9-10-20-19(23)17-11-14-3-1-2-4-16(14)25-17/h1-8,17H,9-12H2,(H,20,23)(H,21,22). The van der Waals surface area contributed by atoms with E-state index in [4.69, 9.17) is 9.84 Å². The van der Waals surface area contributed by atoms with Crippen molar-refractivity contribution in [3.63, 3.8) is 0 Å². The first kappa shape index (κ1) is 17.4. The van der Waals surface area contributed by atoms with Crippen LogP contribution in [0.3, 0.4) is 0 Å². The molecule has 25 heavy (non-hydrogen) atoms. The molecule has 130 valence electrons. The summed E-state index contributed by atoms with van der Waals surface area (Å²) < 4.78 is 5.09. The second-order valence-electron chi connectivity index (χ2n) is 5.79. The number of amides is 1. The van der Waals surface area contributed by atoms with Gasteiger partial charge in [0.2, 0.25) is 5.91 Å². The van der Waals surface area contributed by atoms with Crippen molar-refractivity contribution in [2.24, 2.45) is 0 Å². The fourth-order valence-corrected chi connectivity index (χ4v) is 3.89. The molecular weight excluding hydrogens is 338 g/mol. The summed E-state index contributed by atoms with van der Waals surface area (Å²) in [7, 11) is 0. The average molecular weight is 357 g/mol. The molecule has 1 heterocycles. The fraction of sp³-hybridized carbons (Fsp3) is 0.263. The molecule has 2 aromatic carbocycles. The van der Waals surface area contributed by atoms with E-state index < -0.39 is 5.97 Å². The molecule has 1 amide bonds. The van der Waals surface area contributed by atoms with E-state index in [-0.39, 0.29) is 17.8 Å². The van der Waals surface area contributed by atoms with E-state index in [0.717, 1.165) is 18.4 Å². The molecule has 0 spiro atoms. The van der Waals surface area contributed by atoms with Crippen molar-refractivity contribution >= 4 is 23.6 Å². The van der Waals surface area contributed by atoms with E-state index in [2.05, 4.69) is 17.4 Å². The molecule has 2 aromatic rings. The number of carbonyl (C=O) groups excluding carboxylic acids is 1. The van der Waals surface area contributed by atoms with Crippen LogP contribution in [0.15, 0.2) is 53.4 Å². The van der Waals surface area contributed by atoms with Gasteiger partial charge in [-0.1, -0.05) is 30.3 Å². The molecule has 5 nitrogen and oxygen atoms in total. The predicted octanol–water partition coefficient (Wildman–Crippen LogP) is 2.53. The average Bonchev–Trinajstić information content (AvgIpc) is 3.05. The maximum atomic E-state index is 12.3. The van der Waals surface area contributed by atoms with Gasteiger partial charge in [0.15, 0.2) is 6.61 Å². The van der Waals surface area contributed by atoms with Crippen LogP contribution in [0.1, 0.15) is 11.1 Å². The molecule has 0 aromatic heterocycles. The highest BCUT2D eigenvalue weighted by atomic mass is 32.2. The highest BCUT2D eigenvalue weighted by molar-refractivity contribution is 8.01. The van der Waals surface area contributed by atoms with E-state index in [1.165, 1.54) is 10.5 Å². The van der Waals surface area contributed by atoms with Crippen LogP contribution < -0.4 is 10.1 Å². The van der Waals surface area contributed by atoms with E-state index in [1.54, 1.807) is 23.9 Å². The van der Waals surface area contributed by atoms with Crippen molar-refractivity contribution in [1.82, 2.24) is 5.32 Å². The third-order valence-electron chi connectivity index (χ3n) is 3.94. The number of carbonyl (C=O) groups is 2. The first-order valence-corrected chi connectivity index (χ1v) is 8.95. The summed E-state index contributed by atoms with van der Waals surface area (Å²) >= 11 is 1.62. The van der Waals surface area contributed by atoms with Crippen LogP contribution in [-0.4, -0.2) is 35.4 Å². The number of ether oxygens (including phenoxy) is 1. The molecule has 0 aliphatic carbocycles. The maximum Gasteiger partial charge on any atom is 0.341 e. The summed E-state index contributed by atoms with van der Waals surface area (Å²) in [5.74, 6) is -0.406. The summed E-state index contributed by atoms with van der Waals surface area (Å²) in [6, 6.07) is 15.4. The van der Waals surface area contributed by atoms with Gasteiger partial charge >= 0.3 is 5.97 Å².